The Bertz CT molecular complexity index is 1280. The second-order valence-corrected chi connectivity index (χ2v) is 11.9. The Labute approximate surface area is 191 Å². The molecule has 0 saturated carbocycles. The molecule has 6 nitrogen and oxygen atoms in total. The highest BCUT2D eigenvalue weighted by atomic mass is 32.3. The number of rotatable bonds is 6. The van der Waals surface area contributed by atoms with Gasteiger partial charge in [0.25, 0.3) is 20.0 Å². The van der Waals surface area contributed by atoms with Gasteiger partial charge >= 0.3 is 0 Å². The van der Waals surface area contributed by atoms with Gasteiger partial charge in [0.2, 0.25) is 0 Å². The number of anilines is 2. The monoisotopic (exact) mass is 472 g/mol. The first-order valence-corrected chi connectivity index (χ1v) is 13.0. The smallest absolute Gasteiger partial charge is 0.277 e. The molecule has 0 aliphatic rings. The Morgan fingerprint density at radius 2 is 0.906 bits per heavy atom. The molecule has 0 aliphatic carbocycles. The fraction of sp³-hybridized carbons (Fsp3) is 0.250. The fourth-order valence-corrected chi connectivity index (χ4v) is 7.08. The average Bonchev–Trinajstić information content (AvgIpc) is 2.72. The average molecular weight is 473 g/mol. The van der Waals surface area contributed by atoms with Gasteiger partial charge in [0, 0.05) is 19.8 Å². The van der Waals surface area contributed by atoms with Crippen LogP contribution in [0.25, 0.3) is 0 Å². The summed E-state index contributed by atoms with van der Waals surface area (Å²) in [6, 6.07) is 15.6. The van der Waals surface area contributed by atoms with Crippen molar-refractivity contribution in [3.63, 3.8) is 0 Å². The van der Waals surface area contributed by atoms with Gasteiger partial charge in [-0.15, -0.1) is 0 Å². The molecule has 0 atom stereocenters. The van der Waals surface area contributed by atoms with E-state index in [9.17, 15) is 16.8 Å². The molecule has 3 aromatic rings. The lowest BCUT2D eigenvalue weighted by atomic mass is 10.1. The second kappa shape index (κ2) is 8.60. The second-order valence-electron chi connectivity index (χ2n) is 8.11. The molecule has 0 heterocycles. The molecule has 0 bridgehead atoms. The first kappa shape index (κ1) is 23.8. The number of hydrogen-bond donors (Lipinski definition) is 0. The summed E-state index contributed by atoms with van der Waals surface area (Å²) in [5.41, 5.74) is 4.23. The normalized spacial score (nSPS) is 11.9. The van der Waals surface area contributed by atoms with E-state index < -0.39 is 20.0 Å². The molecule has 0 saturated heterocycles. The lowest BCUT2D eigenvalue weighted by Gasteiger charge is -2.25. The topological polar surface area (TPSA) is 74.8 Å². The summed E-state index contributed by atoms with van der Waals surface area (Å²) < 4.78 is 55.4. The standard InChI is InChI=1S/C24H28N2O4S2/c1-17-7-13-23(15-19(17)3)31(27,28)26(22-11-9-21(10-12-22)25(5)6)32(29,30)24-14-8-18(2)20(4)16-24/h7-16H,1-6H3. The highest BCUT2D eigenvalue weighted by Crippen LogP contribution is 2.33. The van der Waals surface area contributed by atoms with Crippen molar-refractivity contribution in [2.45, 2.75) is 37.5 Å². The summed E-state index contributed by atoms with van der Waals surface area (Å²) in [5, 5.41) is 0. The van der Waals surface area contributed by atoms with Gasteiger partial charge in [-0.25, -0.2) is 16.8 Å². The van der Waals surface area contributed by atoms with E-state index >= 15 is 0 Å². The van der Waals surface area contributed by atoms with Crippen molar-refractivity contribution in [1.82, 2.24) is 0 Å². The van der Waals surface area contributed by atoms with Crippen molar-refractivity contribution >= 4 is 31.4 Å². The Balaban J connectivity index is 2.27. The fourth-order valence-electron chi connectivity index (χ4n) is 3.22. The first-order chi connectivity index (χ1) is 14.9. The summed E-state index contributed by atoms with van der Waals surface area (Å²) in [6.45, 7) is 7.33. The molecule has 0 aliphatic heterocycles. The molecule has 0 radical (unpaired) electrons. The van der Waals surface area contributed by atoms with Crippen molar-refractivity contribution in [2.75, 3.05) is 22.7 Å². The molecule has 3 aromatic carbocycles. The molecule has 3 rings (SSSR count). The summed E-state index contributed by atoms with van der Waals surface area (Å²) in [5.74, 6) is 0. The largest absolute Gasteiger partial charge is 0.378 e. The third-order valence-corrected chi connectivity index (χ3v) is 9.74. The van der Waals surface area contributed by atoms with Gasteiger partial charge in [0.1, 0.15) is 0 Å². The van der Waals surface area contributed by atoms with Crippen LogP contribution >= 0.6 is 0 Å². The minimum atomic E-state index is -4.42. The van der Waals surface area contributed by atoms with E-state index in [4.69, 9.17) is 0 Å². The van der Waals surface area contributed by atoms with E-state index in [-0.39, 0.29) is 15.5 Å². The maximum atomic E-state index is 13.7. The van der Waals surface area contributed by atoms with E-state index in [1.165, 1.54) is 36.4 Å². The van der Waals surface area contributed by atoms with E-state index in [1.807, 2.05) is 32.8 Å². The zero-order valence-corrected chi connectivity index (χ0v) is 20.8. The van der Waals surface area contributed by atoms with Crippen LogP contribution in [0.2, 0.25) is 0 Å². The summed E-state index contributed by atoms with van der Waals surface area (Å²) >= 11 is 0. The molecule has 170 valence electrons. The third kappa shape index (κ3) is 4.38. The lowest BCUT2D eigenvalue weighted by molar-refractivity contribution is 0.584. The quantitative estimate of drug-likeness (QED) is 0.525. The molecule has 32 heavy (non-hydrogen) atoms. The van der Waals surface area contributed by atoms with E-state index in [1.54, 1.807) is 38.1 Å². The van der Waals surface area contributed by atoms with Gasteiger partial charge in [-0.05, 0) is 98.5 Å². The predicted molar refractivity (Wildman–Crippen MR) is 129 cm³/mol. The van der Waals surface area contributed by atoms with Crippen LogP contribution in [0.5, 0.6) is 0 Å². The molecule has 0 unspecified atom stereocenters. The molecule has 0 spiro atoms. The minimum absolute atomic E-state index is 0.0482. The van der Waals surface area contributed by atoms with Crippen LogP contribution in [-0.4, -0.2) is 30.9 Å². The summed E-state index contributed by atoms with van der Waals surface area (Å²) in [7, 11) is -5.14. The van der Waals surface area contributed by atoms with Crippen molar-refractivity contribution in [3.05, 3.63) is 82.9 Å². The van der Waals surface area contributed by atoms with Crippen LogP contribution in [0, 0.1) is 27.7 Å². The SMILES string of the molecule is Cc1ccc(S(=O)(=O)N(c2ccc(N(C)C)cc2)S(=O)(=O)c2ccc(C)c(C)c2)cc1C. The molecule has 0 N–H and O–H groups in total. The molecule has 0 aromatic heterocycles. The van der Waals surface area contributed by atoms with Crippen LogP contribution in [-0.2, 0) is 20.0 Å². The minimum Gasteiger partial charge on any atom is -0.378 e. The number of nitrogens with zero attached hydrogens (tertiary/aromatic N) is 2. The lowest BCUT2D eigenvalue weighted by Crippen LogP contribution is -2.37. The van der Waals surface area contributed by atoms with Crippen LogP contribution in [0.3, 0.4) is 0 Å². The van der Waals surface area contributed by atoms with Gasteiger partial charge in [0.05, 0.1) is 15.5 Å². The number of hydrogen-bond acceptors (Lipinski definition) is 5. The maximum Gasteiger partial charge on any atom is 0.277 e. The van der Waals surface area contributed by atoms with Gasteiger partial charge in [-0.3, -0.25) is 0 Å². The third-order valence-electron chi connectivity index (χ3n) is 5.57. The Morgan fingerprint density at radius 1 is 0.531 bits per heavy atom. The van der Waals surface area contributed by atoms with Crippen LogP contribution in [0.15, 0.2) is 70.5 Å². The highest BCUT2D eigenvalue weighted by Gasteiger charge is 2.37. The van der Waals surface area contributed by atoms with Crippen molar-refractivity contribution < 1.29 is 16.8 Å². The van der Waals surface area contributed by atoms with Crippen molar-refractivity contribution in [3.8, 4) is 0 Å². The van der Waals surface area contributed by atoms with E-state index in [0.29, 0.717) is 3.71 Å². The Kier molecular flexibility index (Phi) is 6.40. The van der Waals surface area contributed by atoms with E-state index in [0.717, 1.165) is 27.9 Å². The first-order valence-electron chi connectivity index (χ1n) is 10.1. The van der Waals surface area contributed by atoms with Gasteiger partial charge in [-0.1, -0.05) is 12.1 Å². The zero-order chi connectivity index (χ0) is 23.8. The molecular weight excluding hydrogens is 444 g/mol. The van der Waals surface area contributed by atoms with Crippen molar-refractivity contribution in [1.29, 1.82) is 0 Å². The van der Waals surface area contributed by atoms with Gasteiger partial charge in [0.15, 0.2) is 0 Å². The molecular formula is C24H28N2O4S2. The predicted octanol–water partition coefficient (Wildman–Crippen LogP) is 4.57. The molecule has 8 heteroatoms. The zero-order valence-electron chi connectivity index (χ0n) is 19.1. The van der Waals surface area contributed by atoms with Crippen LogP contribution in [0.4, 0.5) is 11.4 Å². The maximum absolute atomic E-state index is 13.7. The van der Waals surface area contributed by atoms with Crippen molar-refractivity contribution in [2.24, 2.45) is 0 Å². The van der Waals surface area contributed by atoms with Gasteiger partial charge in [-0.2, -0.15) is 3.71 Å². The number of aryl methyl sites for hydroxylation is 4. The van der Waals surface area contributed by atoms with Crippen LogP contribution in [0.1, 0.15) is 22.3 Å². The number of benzene rings is 3. The van der Waals surface area contributed by atoms with E-state index in [2.05, 4.69) is 0 Å². The van der Waals surface area contributed by atoms with Gasteiger partial charge < -0.3 is 4.90 Å². The number of sulfonamides is 2. The Morgan fingerprint density at radius 3 is 1.25 bits per heavy atom. The van der Waals surface area contributed by atoms with Crippen LogP contribution < -0.4 is 8.61 Å². The summed E-state index contributed by atoms with van der Waals surface area (Å²) in [6.07, 6.45) is 0. The Hall–Kier alpha value is -2.84. The molecule has 0 fully saturated rings. The highest BCUT2D eigenvalue weighted by molar-refractivity contribution is 8.10. The molecule has 0 amide bonds. The summed E-state index contributed by atoms with van der Waals surface area (Å²) in [4.78, 5) is 1.69.